The van der Waals surface area contributed by atoms with Gasteiger partial charge in [0.25, 0.3) is 0 Å². The number of hydrogen-bond acceptors (Lipinski definition) is 2. The predicted molar refractivity (Wildman–Crippen MR) is 51.1 cm³/mol. The van der Waals surface area contributed by atoms with Crippen LogP contribution in [0.1, 0.15) is 34.1 Å². The highest BCUT2D eigenvalue weighted by Crippen LogP contribution is 2.23. The zero-order chi connectivity index (χ0) is 9.83. The third kappa shape index (κ3) is 4.52. The molecule has 0 amide bonds. The Kier molecular flexibility index (Phi) is 3.94. The van der Waals surface area contributed by atoms with Crippen LogP contribution in [0.4, 0.5) is 0 Å². The topological polar surface area (TPSA) is 29.5 Å². The average Bonchev–Trinajstić information content (AvgIpc) is 1.85. The molecule has 12 heavy (non-hydrogen) atoms. The molecule has 0 rings (SSSR count). The Labute approximate surface area is 75.2 Å². The molecule has 0 aromatic heterocycles. The summed E-state index contributed by atoms with van der Waals surface area (Å²) in [7, 11) is 0. The molecule has 72 valence electrons. The van der Waals surface area contributed by atoms with E-state index in [1.54, 1.807) is 13.0 Å². The Bertz CT molecular complexity index is 148. The second-order valence-corrected chi connectivity index (χ2v) is 3.93. The molecule has 1 unspecified atom stereocenters. The van der Waals surface area contributed by atoms with Gasteiger partial charge in [0.15, 0.2) is 0 Å². The first kappa shape index (κ1) is 11.7. The smallest absolute Gasteiger partial charge is 0.0824 e. The lowest BCUT2D eigenvalue weighted by atomic mass is 9.91. The summed E-state index contributed by atoms with van der Waals surface area (Å²) in [5, 5.41) is 9.69. The molecule has 0 aliphatic rings. The van der Waals surface area contributed by atoms with Gasteiger partial charge in [-0.25, -0.2) is 0 Å². The van der Waals surface area contributed by atoms with Crippen molar-refractivity contribution in [3.63, 3.8) is 0 Å². The van der Waals surface area contributed by atoms with Gasteiger partial charge in [-0.05, 0) is 27.7 Å². The lowest BCUT2D eigenvalue weighted by molar-refractivity contribution is -0.0591. The fourth-order valence-corrected chi connectivity index (χ4v) is 1.38. The van der Waals surface area contributed by atoms with Gasteiger partial charge in [-0.15, -0.1) is 6.58 Å². The first-order chi connectivity index (χ1) is 5.33. The van der Waals surface area contributed by atoms with Crippen molar-refractivity contribution in [1.29, 1.82) is 0 Å². The molecule has 0 bridgehead atoms. The van der Waals surface area contributed by atoms with Crippen LogP contribution in [-0.4, -0.2) is 22.9 Å². The Morgan fingerprint density at radius 2 is 1.92 bits per heavy atom. The van der Waals surface area contributed by atoms with E-state index in [9.17, 15) is 5.11 Å². The summed E-state index contributed by atoms with van der Waals surface area (Å²) in [5.74, 6) is 0. The molecule has 0 aliphatic carbocycles. The van der Waals surface area contributed by atoms with Gasteiger partial charge in [0, 0.05) is 13.0 Å². The van der Waals surface area contributed by atoms with Gasteiger partial charge >= 0.3 is 0 Å². The fraction of sp³-hybridized carbons (Fsp3) is 0.800. The molecule has 2 nitrogen and oxygen atoms in total. The summed E-state index contributed by atoms with van der Waals surface area (Å²) in [4.78, 5) is 0. The number of aliphatic hydroxyl groups is 1. The van der Waals surface area contributed by atoms with Crippen molar-refractivity contribution in [1.82, 2.24) is 0 Å². The first-order valence-corrected chi connectivity index (χ1v) is 4.33. The zero-order valence-corrected chi connectivity index (χ0v) is 8.55. The van der Waals surface area contributed by atoms with E-state index in [4.69, 9.17) is 4.74 Å². The molecule has 0 radical (unpaired) electrons. The maximum absolute atomic E-state index is 9.69. The van der Waals surface area contributed by atoms with E-state index in [1.807, 2.05) is 20.8 Å². The molecular weight excluding hydrogens is 152 g/mol. The van der Waals surface area contributed by atoms with E-state index in [0.29, 0.717) is 13.0 Å². The van der Waals surface area contributed by atoms with Gasteiger partial charge in [0.05, 0.1) is 11.2 Å². The minimum absolute atomic E-state index is 0.285. The van der Waals surface area contributed by atoms with Crippen LogP contribution in [0, 0.1) is 0 Å². The minimum atomic E-state index is -0.835. The second-order valence-electron chi connectivity index (χ2n) is 3.93. The van der Waals surface area contributed by atoms with Crippen molar-refractivity contribution >= 4 is 0 Å². The zero-order valence-electron chi connectivity index (χ0n) is 8.55. The van der Waals surface area contributed by atoms with E-state index in [0.717, 1.165) is 0 Å². The number of hydrogen-bond donors (Lipinski definition) is 1. The lowest BCUT2D eigenvalue weighted by Gasteiger charge is -2.31. The Hall–Kier alpha value is -0.340. The summed E-state index contributed by atoms with van der Waals surface area (Å²) in [5.41, 5.74) is -1.12. The third-order valence-electron chi connectivity index (χ3n) is 1.76. The largest absolute Gasteiger partial charge is 0.386 e. The normalized spacial score (nSPS) is 17.1. The van der Waals surface area contributed by atoms with E-state index in [-0.39, 0.29) is 5.60 Å². The quantitative estimate of drug-likeness (QED) is 0.644. The number of ether oxygens (including phenoxy) is 1. The average molecular weight is 172 g/mol. The van der Waals surface area contributed by atoms with Gasteiger partial charge in [-0.3, -0.25) is 0 Å². The van der Waals surface area contributed by atoms with Gasteiger partial charge in [-0.1, -0.05) is 6.08 Å². The van der Waals surface area contributed by atoms with Crippen molar-refractivity contribution in [2.75, 3.05) is 6.61 Å². The lowest BCUT2D eigenvalue weighted by Crippen LogP contribution is -2.35. The molecule has 0 fully saturated rings. The molecule has 0 heterocycles. The molecule has 1 N–H and O–H groups in total. The first-order valence-electron chi connectivity index (χ1n) is 4.33. The summed E-state index contributed by atoms with van der Waals surface area (Å²) in [6.07, 6.45) is 2.12. The molecule has 0 aromatic rings. The maximum Gasteiger partial charge on any atom is 0.0824 e. The molecule has 0 saturated heterocycles. The van der Waals surface area contributed by atoms with Crippen LogP contribution in [0.5, 0.6) is 0 Å². The van der Waals surface area contributed by atoms with Gasteiger partial charge in [0.1, 0.15) is 0 Å². The van der Waals surface area contributed by atoms with Crippen LogP contribution in [-0.2, 0) is 4.74 Å². The van der Waals surface area contributed by atoms with Crippen LogP contribution < -0.4 is 0 Å². The van der Waals surface area contributed by atoms with Crippen LogP contribution >= 0.6 is 0 Å². The second kappa shape index (κ2) is 4.06. The van der Waals surface area contributed by atoms with Crippen LogP contribution in [0.2, 0.25) is 0 Å². The van der Waals surface area contributed by atoms with Gasteiger partial charge in [-0.2, -0.15) is 0 Å². The highest BCUT2D eigenvalue weighted by molar-refractivity contribution is 4.96. The Morgan fingerprint density at radius 3 is 2.25 bits per heavy atom. The number of rotatable bonds is 5. The molecule has 0 aromatic carbocycles. The fourth-order valence-electron chi connectivity index (χ4n) is 1.38. The summed E-state index contributed by atoms with van der Waals surface area (Å²) >= 11 is 0. The Morgan fingerprint density at radius 1 is 1.42 bits per heavy atom. The molecule has 0 aliphatic heterocycles. The third-order valence-corrected chi connectivity index (χ3v) is 1.76. The van der Waals surface area contributed by atoms with Crippen LogP contribution in [0.15, 0.2) is 12.7 Å². The van der Waals surface area contributed by atoms with E-state index >= 15 is 0 Å². The SMILES string of the molecule is C=CC(C)(O)CC(C)(C)OCC. The van der Waals surface area contributed by atoms with Crippen molar-refractivity contribution < 1.29 is 9.84 Å². The molecule has 0 spiro atoms. The molecule has 0 saturated carbocycles. The van der Waals surface area contributed by atoms with Crippen molar-refractivity contribution in [3.05, 3.63) is 12.7 Å². The van der Waals surface area contributed by atoms with Crippen molar-refractivity contribution in [2.24, 2.45) is 0 Å². The summed E-state index contributed by atoms with van der Waals surface area (Å²) < 4.78 is 5.46. The van der Waals surface area contributed by atoms with E-state index in [1.165, 1.54) is 0 Å². The highest BCUT2D eigenvalue weighted by atomic mass is 16.5. The monoisotopic (exact) mass is 172 g/mol. The van der Waals surface area contributed by atoms with E-state index < -0.39 is 5.60 Å². The van der Waals surface area contributed by atoms with Crippen molar-refractivity contribution in [3.8, 4) is 0 Å². The maximum atomic E-state index is 9.69. The standard InChI is InChI=1S/C10H20O2/c1-6-10(5,11)8-9(3,4)12-7-2/h6,11H,1,7-8H2,2-5H3. The molecule has 1 atom stereocenters. The van der Waals surface area contributed by atoms with E-state index in [2.05, 4.69) is 6.58 Å². The molecular formula is C10H20O2. The molecule has 2 heteroatoms. The highest BCUT2D eigenvalue weighted by Gasteiger charge is 2.28. The van der Waals surface area contributed by atoms with Crippen LogP contribution in [0.25, 0.3) is 0 Å². The van der Waals surface area contributed by atoms with Gasteiger partial charge < -0.3 is 9.84 Å². The minimum Gasteiger partial charge on any atom is -0.386 e. The predicted octanol–water partition coefficient (Wildman–Crippen LogP) is 2.13. The van der Waals surface area contributed by atoms with Crippen molar-refractivity contribution in [2.45, 2.75) is 45.3 Å². The summed E-state index contributed by atoms with van der Waals surface area (Å²) in [6.45, 7) is 11.9. The van der Waals surface area contributed by atoms with Gasteiger partial charge in [0.2, 0.25) is 0 Å². The van der Waals surface area contributed by atoms with Crippen LogP contribution in [0.3, 0.4) is 0 Å². The Balaban J connectivity index is 4.12. The summed E-state index contributed by atoms with van der Waals surface area (Å²) in [6, 6.07) is 0.